The minimum absolute atomic E-state index is 0.0779. The minimum atomic E-state index is -4.44. The number of aryl methyl sites for hydroxylation is 1. The van der Waals surface area contributed by atoms with E-state index < -0.39 is 17.4 Å². The van der Waals surface area contributed by atoms with Crippen LogP contribution in [0, 0.1) is 6.92 Å². The Hall–Kier alpha value is -2.05. The van der Waals surface area contributed by atoms with Crippen molar-refractivity contribution in [3.8, 4) is 5.69 Å². The molecule has 0 aliphatic carbocycles. The predicted molar refractivity (Wildman–Crippen MR) is 53.9 cm³/mol. The molecular weight excluding hydrogens is 235 g/mol. The van der Waals surface area contributed by atoms with Gasteiger partial charge in [0.25, 0.3) is 0 Å². The highest BCUT2D eigenvalue weighted by molar-refractivity contribution is 5.40. The molecule has 17 heavy (non-hydrogen) atoms. The number of rotatable bonds is 1. The first-order valence-electron chi connectivity index (χ1n) is 4.70. The van der Waals surface area contributed by atoms with E-state index in [1.807, 2.05) is 0 Å². The lowest BCUT2D eigenvalue weighted by Crippen LogP contribution is -2.17. The Labute approximate surface area is 93.7 Å². The van der Waals surface area contributed by atoms with Crippen LogP contribution in [-0.2, 0) is 6.18 Å². The average molecular weight is 243 g/mol. The summed E-state index contributed by atoms with van der Waals surface area (Å²) in [5, 5.41) is 3.62. The van der Waals surface area contributed by atoms with E-state index in [9.17, 15) is 18.0 Å². The molecule has 2 rings (SSSR count). The second-order valence-corrected chi connectivity index (χ2v) is 3.50. The SMILES string of the molecule is Cc1ccc(-n2nc[nH]c2=O)cc1C(F)(F)F. The van der Waals surface area contributed by atoms with E-state index in [1.165, 1.54) is 19.1 Å². The van der Waals surface area contributed by atoms with Gasteiger partial charge in [-0.3, -0.25) is 4.98 Å². The van der Waals surface area contributed by atoms with Crippen LogP contribution in [0.4, 0.5) is 13.2 Å². The lowest BCUT2D eigenvalue weighted by molar-refractivity contribution is -0.138. The van der Waals surface area contributed by atoms with Crippen molar-refractivity contribution in [1.82, 2.24) is 14.8 Å². The van der Waals surface area contributed by atoms with Crippen molar-refractivity contribution in [2.75, 3.05) is 0 Å². The van der Waals surface area contributed by atoms with Crippen molar-refractivity contribution in [2.24, 2.45) is 0 Å². The Kier molecular flexibility index (Phi) is 2.53. The van der Waals surface area contributed by atoms with Gasteiger partial charge >= 0.3 is 11.9 Å². The smallest absolute Gasteiger partial charge is 0.295 e. The molecule has 0 unspecified atom stereocenters. The van der Waals surface area contributed by atoms with Crippen LogP contribution in [0.25, 0.3) is 5.69 Å². The summed E-state index contributed by atoms with van der Waals surface area (Å²) in [5.74, 6) is 0. The third-order valence-corrected chi connectivity index (χ3v) is 2.32. The fourth-order valence-electron chi connectivity index (χ4n) is 1.49. The number of hydrogen-bond donors (Lipinski definition) is 1. The summed E-state index contributed by atoms with van der Waals surface area (Å²) in [7, 11) is 0. The van der Waals surface area contributed by atoms with Gasteiger partial charge in [-0.2, -0.15) is 23.0 Å². The second-order valence-electron chi connectivity index (χ2n) is 3.50. The van der Waals surface area contributed by atoms with Crippen LogP contribution in [-0.4, -0.2) is 14.8 Å². The molecule has 1 aromatic heterocycles. The van der Waals surface area contributed by atoms with E-state index >= 15 is 0 Å². The molecule has 0 saturated carbocycles. The first-order valence-corrected chi connectivity index (χ1v) is 4.70. The first kappa shape index (κ1) is 11.4. The number of benzene rings is 1. The zero-order chi connectivity index (χ0) is 12.6. The standard InChI is InChI=1S/C10H8F3N3O/c1-6-2-3-7(4-8(6)10(11,12)13)16-9(17)14-5-15-16/h2-5H,1H3,(H,14,15,17). The largest absolute Gasteiger partial charge is 0.416 e. The van der Waals surface area contributed by atoms with Gasteiger partial charge in [0.2, 0.25) is 0 Å². The minimum Gasteiger partial charge on any atom is -0.295 e. The zero-order valence-corrected chi connectivity index (χ0v) is 8.75. The number of nitrogens with one attached hydrogen (secondary N) is 1. The van der Waals surface area contributed by atoms with Crippen LogP contribution in [0.3, 0.4) is 0 Å². The zero-order valence-electron chi connectivity index (χ0n) is 8.75. The third-order valence-electron chi connectivity index (χ3n) is 2.32. The number of aromatic nitrogens is 3. The van der Waals surface area contributed by atoms with E-state index in [1.54, 1.807) is 0 Å². The number of halogens is 3. The van der Waals surface area contributed by atoms with Crippen molar-refractivity contribution in [1.29, 1.82) is 0 Å². The monoisotopic (exact) mass is 243 g/mol. The highest BCUT2D eigenvalue weighted by Gasteiger charge is 2.32. The van der Waals surface area contributed by atoms with Crippen LogP contribution in [0.1, 0.15) is 11.1 Å². The van der Waals surface area contributed by atoms with Gasteiger partial charge in [-0.05, 0) is 24.6 Å². The molecule has 0 aliphatic rings. The summed E-state index contributed by atoms with van der Waals surface area (Å²) in [6.07, 6.45) is -3.32. The molecular formula is C10H8F3N3O. The summed E-state index contributed by atoms with van der Waals surface area (Å²) in [6, 6.07) is 3.61. The van der Waals surface area contributed by atoms with Gasteiger partial charge in [0.15, 0.2) is 0 Å². The molecule has 4 nitrogen and oxygen atoms in total. The molecule has 1 aromatic carbocycles. The number of alkyl halides is 3. The van der Waals surface area contributed by atoms with Gasteiger partial charge in [0.05, 0.1) is 11.3 Å². The number of nitrogens with zero attached hydrogens (tertiary/aromatic N) is 2. The van der Waals surface area contributed by atoms with Gasteiger partial charge in [-0.1, -0.05) is 6.07 Å². The van der Waals surface area contributed by atoms with Crippen molar-refractivity contribution < 1.29 is 13.2 Å². The second kappa shape index (κ2) is 3.76. The van der Waals surface area contributed by atoms with E-state index in [4.69, 9.17) is 0 Å². The van der Waals surface area contributed by atoms with Gasteiger partial charge in [-0.15, -0.1) is 0 Å². The first-order chi connectivity index (χ1) is 7.89. The summed E-state index contributed by atoms with van der Waals surface area (Å²) < 4.78 is 38.8. The molecule has 1 heterocycles. The Bertz CT molecular complexity index is 597. The molecule has 1 N–H and O–H groups in total. The van der Waals surface area contributed by atoms with Gasteiger partial charge in [0.1, 0.15) is 6.33 Å². The normalized spacial score (nSPS) is 11.8. The van der Waals surface area contributed by atoms with Crippen molar-refractivity contribution in [2.45, 2.75) is 13.1 Å². The molecule has 0 atom stereocenters. The van der Waals surface area contributed by atoms with E-state index in [0.29, 0.717) is 0 Å². The number of H-pyrrole nitrogens is 1. The Morgan fingerprint density at radius 1 is 1.35 bits per heavy atom. The van der Waals surface area contributed by atoms with Gasteiger partial charge in [0, 0.05) is 0 Å². The maximum absolute atomic E-state index is 12.7. The van der Waals surface area contributed by atoms with Crippen molar-refractivity contribution >= 4 is 0 Å². The Morgan fingerprint density at radius 3 is 2.59 bits per heavy atom. The molecule has 0 fully saturated rings. The third kappa shape index (κ3) is 2.08. The molecule has 0 spiro atoms. The predicted octanol–water partition coefficient (Wildman–Crippen LogP) is 1.89. The highest BCUT2D eigenvalue weighted by atomic mass is 19.4. The lowest BCUT2D eigenvalue weighted by atomic mass is 10.1. The van der Waals surface area contributed by atoms with Crippen LogP contribution < -0.4 is 5.69 Å². The number of hydrogen-bond acceptors (Lipinski definition) is 2. The van der Waals surface area contributed by atoms with E-state index in [0.717, 1.165) is 17.1 Å². The quantitative estimate of drug-likeness (QED) is 0.831. The van der Waals surface area contributed by atoms with Gasteiger partial charge in [-0.25, -0.2) is 4.79 Å². The van der Waals surface area contributed by atoms with E-state index in [2.05, 4.69) is 10.1 Å². The van der Waals surface area contributed by atoms with Crippen LogP contribution in [0.5, 0.6) is 0 Å². The van der Waals surface area contributed by atoms with Crippen molar-refractivity contribution in [3.63, 3.8) is 0 Å². The maximum atomic E-state index is 12.7. The summed E-state index contributed by atoms with van der Waals surface area (Å²) in [4.78, 5) is 13.5. The topological polar surface area (TPSA) is 50.7 Å². The highest BCUT2D eigenvalue weighted by Crippen LogP contribution is 2.32. The molecule has 0 bridgehead atoms. The van der Waals surface area contributed by atoms with E-state index in [-0.39, 0.29) is 11.3 Å². The van der Waals surface area contributed by atoms with Crippen LogP contribution >= 0.6 is 0 Å². The summed E-state index contributed by atoms with van der Waals surface area (Å²) >= 11 is 0. The molecule has 2 aromatic rings. The summed E-state index contributed by atoms with van der Waals surface area (Å²) in [5.41, 5.74) is -1.18. The summed E-state index contributed by atoms with van der Waals surface area (Å²) in [6.45, 7) is 1.36. The Morgan fingerprint density at radius 2 is 2.06 bits per heavy atom. The maximum Gasteiger partial charge on any atom is 0.416 e. The fourth-order valence-corrected chi connectivity index (χ4v) is 1.49. The average Bonchev–Trinajstić information content (AvgIpc) is 2.63. The molecule has 7 heteroatoms. The molecule has 0 radical (unpaired) electrons. The van der Waals surface area contributed by atoms with Gasteiger partial charge < -0.3 is 0 Å². The molecule has 90 valence electrons. The Balaban J connectivity index is 2.60. The molecule has 0 aliphatic heterocycles. The van der Waals surface area contributed by atoms with Crippen LogP contribution in [0.2, 0.25) is 0 Å². The molecule has 0 amide bonds. The molecule has 0 saturated heterocycles. The van der Waals surface area contributed by atoms with Crippen molar-refractivity contribution in [3.05, 3.63) is 46.1 Å². The lowest BCUT2D eigenvalue weighted by Gasteiger charge is -2.11. The van der Waals surface area contributed by atoms with Crippen LogP contribution in [0.15, 0.2) is 29.3 Å². The fraction of sp³-hybridized carbons (Fsp3) is 0.200. The number of aromatic amines is 1.